The van der Waals surface area contributed by atoms with Crippen LogP contribution in [0.15, 0.2) is 18.0 Å². The second-order valence-electron chi connectivity index (χ2n) is 3.08. The fourth-order valence-corrected chi connectivity index (χ4v) is 0.958. The minimum Gasteiger partial charge on any atom is -0.402 e. The Labute approximate surface area is 73.1 Å². The summed E-state index contributed by atoms with van der Waals surface area (Å²) in [6.07, 6.45) is 3.73. The maximum absolute atomic E-state index is 5.53. The molecule has 0 unspecified atom stereocenters. The molecular weight excluding hydrogens is 148 g/mol. The average Bonchev–Trinajstić information content (AvgIpc) is 1.96. The summed E-state index contributed by atoms with van der Waals surface area (Å²) in [4.78, 5) is 4.22. The van der Waals surface area contributed by atoms with Crippen LogP contribution in [-0.2, 0) is 0 Å². The Bertz CT molecular complexity index is 310. The van der Waals surface area contributed by atoms with Gasteiger partial charge in [0.2, 0.25) is 0 Å². The summed E-state index contributed by atoms with van der Waals surface area (Å²) in [6.45, 7) is 5.97. The van der Waals surface area contributed by atoms with Gasteiger partial charge in [-0.25, -0.2) is 0 Å². The number of nitrogens with zero attached hydrogens (tertiary/aromatic N) is 1. The predicted molar refractivity (Wildman–Crippen MR) is 51.5 cm³/mol. The Morgan fingerprint density at radius 1 is 1.42 bits per heavy atom. The minimum atomic E-state index is 0.783. The van der Waals surface area contributed by atoms with Gasteiger partial charge in [-0.1, -0.05) is 0 Å². The Hall–Kier alpha value is -1.31. The largest absolute Gasteiger partial charge is 0.402 e. The number of nitrogens with two attached hydrogens (primary N) is 1. The molecule has 0 aliphatic heterocycles. The minimum absolute atomic E-state index is 0.783. The van der Waals surface area contributed by atoms with Crippen LogP contribution in [-0.4, -0.2) is 4.98 Å². The summed E-state index contributed by atoms with van der Waals surface area (Å²) in [6, 6.07) is 2.03. The van der Waals surface area contributed by atoms with Crippen molar-refractivity contribution in [2.75, 3.05) is 0 Å². The molecule has 12 heavy (non-hydrogen) atoms. The fourth-order valence-electron chi connectivity index (χ4n) is 0.958. The van der Waals surface area contributed by atoms with E-state index in [9.17, 15) is 0 Å². The third-order valence-electron chi connectivity index (χ3n) is 1.77. The van der Waals surface area contributed by atoms with Gasteiger partial charge < -0.3 is 5.73 Å². The van der Waals surface area contributed by atoms with Crippen molar-refractivity contribution in [2.45, 2.75) is 20.8 Å². The molecule has 0 fully saturated rings. The topological polar surface area (TPSA) is 38.9 Å². The molecule has 0 bridgehead atoms. The molecule has 64 valence electrons. The standard InChI is InChI=1S/C10H14N2/c1-7-4-10(5-9(3)11)12-6-8(7)2/h4-6H,11H2,1-3H3/b9-5-. The van der Waals surface area contributed by atoms with Crippen LogP contribution in [0, 0.1) is 13.8 Å². The van der Waals surface area contributed by atoms with Gasteiger partial charge in [-0.2, -0.15) is 0 Å². The normalized spacial score (nSPS) is 11.8. The molecule has 1 rings (SSSR count). The van der Waals surface area contributed by atoms with E-state index >= 15 is 0 Å². The van der Waals surface area contributed by atoms with Crippen molar-refractivity contribution in [3.8, 4) is 0 Å². The number of aromatic nitrogens is 1. The SMILES string of the molecule is C/C(N)=C/c1cc(C)c(C)cn1. The quantitative estimate of drug-likeness (QED) is 0.686. The number of pyridine rings is 1. The zero-order chi connectivity index (χ0) is 9.14. The molecule has 0 saturated heterocycles. The fraction of sp³-hybridized carbons (Fsp3) is 0.300. The highest BCUT2D eigenvalue weighted by atomic mass is 14.7. The highest BCUT2D eigenvalue weighted by Crippen LogP contribution is 2.08. The molecule has 0 aliphatic carbocycles. The molecule has 1 aromatic heterocycles. The lowest BCUT2D eigenvalue weighted by atomic mass is 10.1. The van der Waals surface area contributed by atoms with Gasteiger partial charge in [-0.05, 0) is 44.0 Å². The third kappa shape index (κ3) is 2.09. The lowest BCUT2D eigenvalue weighted by Gasteiger charge is -2.00. The Morgan fingerprint density at radius 2 is 2.08 bits per heavy atom. The van der Waals surface area contributed by atoms with E-state index in [1.165, 1.54) is 11.1 Å². The summed E-state index contributed by atoms with van der Waals surface area (Å²) < 4.78 is 0. The Morgan fingerprint density at radius 3 is 2.58 bits per heavy atom. The third-order valence-corrected chi connectivity index (χ3v) is 1.77. The van der Waals surface area contributed by atoms with Gasteiger partial charge in [0, 0.05) is 11.9 Å². The smallest absolute Gasteiger partial charge is 0.0649 e. The number of aryl methyl sites for hydroxylation is 2. The van der Waals surface area contributed by atoms with Crippen LogP contribution in [0.25, 0.3) is 6.08 Å². The lowest BCUT2D eigenvalue weighted by molar-refractivity contribution is 1.19. The van der Waals surface area contributed by atoms with E-state index in [1.54, 1.807) is 0 Å². The van der Waals surface area contributed by atoms with Crippen LogP contribution < -0.4 is 5.73 Å². The summed E-state index contributed by atoms with van der Waals surface area (Å²) in [5.41, 5.74) is 9.70. The second kappa shape index (κ2) is 3.39. The lowest BCUT2D eigenvalue weighted by Crippen LogP contribution is -1.92. The number of hydrogen-bond donors (Lipinski definition) is 1. The first-order valence-corrected chi connectivity index (χ1v) is 3.96. The summed E-state index contributed by atoms with van der Waals surface area (Å²) in [7, 11) is 0. The summed E-state index contributed by atoms with van der Waals surface area (Å²) >= 11 is 0. The van der Waals surface area contributed by atoms with Gasteiger partial charge in [0.1, 0.15) is 0 Å². The molecule has 2 N–H and O–H groups in total. The maximum atomic E-state index is 5.53. The van der Waals surface area contributed by atoms with Crippen LogP contribution in [0.3, 0.4) is 0 Å². The van der Waals surface area contributed by atoms with E-state index in [4.69, 9.17) is 5.73 Å². The molecular formula is C10H14N2. The summed E-state index contributed by atoms with van der Waals surface area (Å²) in [5.74, 6) is 0. The van der Waals surface area contributed by atoms with Gasteiger partial charge in [-0.3, -0.25) is 4.98 Å². The molecule has 0 atom stereocenters. The van der Waals surface area contributed by atoms with E-state index in [0.29, 0.717) is 0 Å². The molecule has 0 amide bonds. The Kier molecular flexibility index (Phi) is 2.48. The molecule has 1 aromatic rings. The van der Waals surface area contributed by atoms with Gasteiger partial charge in [-0.15, -0.1) is 0 Å². The van der Waals surface area contributed by atoms with Crippen molar-refractivity contribution in [2.24, 2.45) is 5.73 Å². The zero-order valence-electron chi connectivity index (χ0n) is 7.76. The number of rotatable bonds is 1. The summed E-state index contributed by atoms with van der Waals surface area (Å²) in [5, 5.41) is 0. The molecule has 0 aromatic carbocycles. The Balaban J connectivity index is 3.05. The van der Waals surface area contributed by atoms with E-state index in [1.807, 2.05) is 32.2 Å². The van der Waals surface area contributed by atoms with Crippen molar-refractivity contribution in [3.63, 3.8) is 0 Å². The van der Waals surface area contributed by atoms with Crippen molar-refractivity contribution < 1.29 is 0 Å². The van der Waals surface area contributed by atoms with E-state index in [2.05, 4.69) is 11.9 Å². The molecule has 0 saturated carbocycles. The van der Waals surface area contributed by atoms with Gasteiger partial charge in [0.15, 0.2) is 0 Å². The van der Waals surface area contributed by atoms with E-state index < -0.39 is 0 Å². The monoisotopic (exact) mass is 162 g/mol. The number of allylic oxidation sites excluding steroid dienone is 1. The highest BCUT2D eigenvalue weighted by molar-refractivity contribution is 5.48. The first kappa shape index (κ1) is 8.78. The molecule has 2 heteroatoms. The molecule has 0 aliphatic rings. The first-order chi connectivity index (χ1) is 5.59. The van der Waals surface area contributed by atoms with Gasteiger partial charge >= 0.3 is 0 Å². The van der Waals surface area contributed by atoms with Gasteiger partial charge in [0.05, 0.1) is 5.69 Å². The van der Waals surface area contributed by atoms with Crippen LogP contribution >= 0.6 is 0 Å². The first-order valence-electron chi connectivity index (χ1n) is 3.96. The molecule has 0 spiro atoms. The second-order valence-corrected chi connectivity index (χ2v) is 3.08. The predicted octanol–water partition coefficient (Wildman–Crippen LogP) is 2.02. The van der Waals surface area contributed by atoms with E-state index in [0.717, 1.165) is 11.4 Å². The van der Waals surface area contributed by atoms with Gasteiger partial charge in [0.25, 0.3) is 0 Å². The highest BCUT2D eigenvalue weighted by Gasteiger charge is 1.94. The molecule has 2 nitrogen and oxygen atoms in total. The molecule has 1 heterocycles. The van der Waals surface area contributed by atoms with Crippen molar-refractivity contribution in [1.82, 2.24) is 4.98 Å². The van der Waals surface area contributed by atoms with Crippen LogP contribution in [0.4, 0.5) is 0 Å². The van der Waals surface area contributed by atoms with Crippen LogP contribution in [0.1, 0.15) is 23.7 Å². The van der Waals surface area contributed by atoms with Crippen molar-refractivity contribution in [3.05, 3.63) is 34.8 Å². The van der Waals surface area contributed by atoms with Crippen LogP contribution in [0.2, 0.25) is 0 Å². The maximum Gasteiger partial charge on any atom is 0.0649 e. The van der Waals surface area contributed by atoms with Crippen molar-refractivity contribution >= 4 is 6.08 Å². The number of hydrogen-bond acceptors (Lipinski definition) is 2. The van der Waals surface area contributed by atoms with E-state index in [-0.39, 0.29) is 0 Å². The van der Waals surface area contributed by atoms with Crippen molar-refractivity contribution in [1.29, 1.82) is 0 Å². The molecule has 0 radical (unpaired) electrons. The average molecular weight is 162 g/mol. The van der Waals surface area contributed by atoms with Crippen LogP contribution in [0.5, 0.6) is 0 Å². The zero-order valence-corrected chi connectivity index (χ0v) is 7.76.